The molecule has 5 heteroatoms. The Kier molecular flexibility index (Phi) is 2.65. The molecule has 0 amide bonds. The molecule has 14 heavy (non-hydrogen) atoms. The molecule has 72 valence electrons. The molecule has 3 nitrogen and oxygen atoms in total. The zero-order valence-electron chi connectivity index (χ0n) is 7.16. The summed E-state index contributed by atoms with van der Waals surface area (Å²) in [5.74, 6) is 0.706. The Labute approximate surface area is 90.7 Å². The molecule has 0 saturated heterocycles. The number of benzene rings is 1. The van der Waals surface area contributed by atoms with Gasteiger partial charge in [-0.3, -0.25) is 0 Å². The first-order valence-electron chi connectivity index (χ1n) is 4.03. The van der Waals surface area contributed by atoms with E-state index < -0.39 is 0 Å². The summed E-state index contributed by atoms with van der Waals surface area (Å²) in [5, 5.41) is 3.35. The predicted octanol–water partition coefficient (Wildman–Crippen LogP) is 2.98. The summed E-state index contributed by atoms with van der Waals surface area (Å²) >= 11 is 10.6. The molecule has 0 radical (unpaired) electrons. The van der Waals surface area contributed by atoms with Crippen molar-refractivity contribution in [3.05, 3.63) is 45.5 Å². The molecule has 0 bridgehead atoms. The lowest BCUT2D eigenvalue weighted by atomic mass is 10.1. The number of H-pyrrole nitrogens is 1. The van der Waals surface area contributed by atoms with E-state index in [1.54, 1.807) is 0 Å². The molecule has 1 aromatic carbocycles. The third-order valence-corrected chi connectivity index (χ3v) is 2.15. The van der Waals surface area contributed by atoms with Gasteiger partial charge in [0.15, 0.2) is 0 Å². The minimum atomic E-state index is 0.224. The fourth-order valence-electron chi connectivity index (χ4n) is 1.17. The van der Waals surface area contributed by atoms with Crippen LogP contribution in [0.3, 0.4) is 0 Å². The molecule has 1 heterocycles. The fourth-order valence-corrected chi connectivity index (χ4v) is 1.54. The predicted molar refractivity (Wildman–Crippen MR) is 55.9 cm³/mol. The van der Waals surface area contributed by atoms with E-state index in [0.717, 1.165) is 5.56 Å². The van der Waals surface area contributed by atoms with Crippen molar-refractivity contribution in [1.29, 1.82) is 0 Å². The maximum Gasteiger partial charge on any atom is 0.314 e. The van der Waals surface area contributed by atoms with E-state index >= 15 is 0 Å². The van der Waals surface area contributed by atoms with Gasteiger partial charge in [0.1, 0.15) is 5.82 Å². The quantitative estimate of drug-likeness (QED) is 0.801. The zero-order chi connectivity index (χ0) is 9.97. The molecule has 0 spiro atoms. The number of nitrogens with one attached hydrogen (secondary N) is 1. The van der Waals surface area contributed by atoms with Gasteiger partial charge in [0.2, 0.25) is 0 Å². The van der Waals surface area contributed by atoms with Gasteiger partial charge in [0, 0.05) is 11.4 Å². The molecule has 1 N–H and O–H groups in total. The molecule has 0 fully saturated rings. The Balaban J connectivity index is 2.22. The second-order valence-electron chi connectivity index (χ2n) is 2.84. The van der Waals surface area contributed by atoms with Crippen LogP contribution in [0.15, 0.2) is 28.8 Å². The van der Waals surface area contributed by atoms with Crippen molar-refractivity contribution in [2.24, 2.45) is 0 Å². The SMILES string of the molecule is S=c1nc(Cc2cccc(Cl)c2)[nH]o1. The third-order valence-electron chi connectivity index (χ3n) is 1.74. The summed E-state index contributed by atoms with van der Waals surface area (Å²) in [4.78, 5) is 4.21. The van der Waals surface area contributed by atoms with Crippen molar-refractivity contribution < 1.29 is 4.52 Å². The molecular formula is C9H7ClN2OS. The number of aromatic nitrogens is 2. The summed E-state index contributed by atoms with van der Waals surface area (Å²) in [6, 6.07) is 7.58. The van der Waals surface area contributed by atoms with Crippen molar-refractivity contribution in [2.75, 3.05) is 0 Å². The lowest BCUT2D eigenvalue weighted by Gasteiger charge is -1.97. The first-order chi connectivity index (χ1) is 6.74. The Morgan fingerprint density at radius 2 is 2.36 bits per heavy atom. The number of nitrogens with zero attached hydrogens (tertiary/aromatic N) is 1. The summed E-state index contributed by atoms with van der Waals surface area (Å²) in [5.41, 5.74) is 1.07. The van der Waals surface area contributed by atoms with Crippen LogP contribution < -0.4 is 0 Å². The van der Waals surface area contributed by atoms with Crippen molar-refractivity contribution in [3.63, 3.8) is 0 Å². The van der Waals surface area contributed by atoms with Gasteiger partial charge in [-0.1, -0.05) is 23.7 Å². The number of aromatic amines is 1. The zero-order valence-corrected chi connectivity index (χ0v) is 8.73. The largest absolute Gasteiger partial charge is 0.348 e. The topological polar surface area (TPSA) is 41.8 Å². The Morgan fingerprint density at radius 1 is 1.50 bits per heavy atom. The van der Waals surface area contributed by atoms with E-state index in [1.165, 1.54) is 0 Å². The summed E-state index contributed by atoms with van der Waals surface area (Å²) in [6.45, 7) is 0. The van der Waals surface area contributed by atoms with Crippen LogP contribution in [0, 0.1) is 4.84 Å². The maximum absolute atomic E-state index is 5.84. The molecule has 0 unspecified atom stereocenters. The maximum atomic E-state index is 5.84. The summed E-state index contributed by atoms with van der Waals surface area (Å²) < 4.78 is 4.81. The average molecular weight is 227 g/mol. The van der Waals surface area contributed by atoms with Crippen molar-refractivity contribution in [2.45, 2.75) is 6.42 Å². The molecule has 0 aliphatic heterocycles. The summed E-state index contributed by atoms with van der Waals surface area (Å²) in [7, 11) is 0. The number of halogens is 1. The molecule has 1 aromatic heterocycles. The van der Waals surface area contributed by atoms with Crippen LogP contribution in [0.1, 0.15) is 11.4 Å². The van der Waals surface area contributed by atoms with Gasteiger partial charge in [-0.15, -0.1) is 0 Å². The van der Waals surface area contributed by atoms with Gasteiger partial charge in [-0.2, -0.15) is 4.98 Å². The van der Waals surface area contributed by atoms with Gasteiger partial charge in [0.25, 0.3) is 0 Å². The van der Waals surface area contributed by atoms with Gasteiger partial charge in [-0.05, 0) is 29.9 Å². The number of hydrogen-bond acceptors (Lipinski definition) is 3. The van der Waals surface area contributed by atoms with E-state index in [0.29, 0.717) is 17.3 Å². The Hall–Kier alpha value is -1.13. The second-order valence-corrected chi connectivity index (χ2v) is 3.62. The van der Waals surface area contributed by atoms with E-state index in [4.69, 9.17) is 28.3 Å². The van der Waals surface area contributed by atoms with E-state index in [9.17, 15) is 0 Å². The van der Waals surface area contributed by atoms with E-state index in [1.807, 2.05) is 24.3 Å². The smallest absolute Gasteiger partial charge is 0.314 e. The first kappa shape index (κ1) is 9.43. The number of rotatable bonds is 2. The molecule has 2 rings (SSSR count). The molecular weight excluding hydrogens is 220 g/mol. The van der Waals surface area contributed by atoms with Crippen LogP contribution in [-0.4, -0.2) is 10.1 Å². The summed E-state index contributed by atoms with van der Waals surface area (Å²) in [6.07, 6.45) is 0.640. The molecule has 0 saturated carbocycles. The third kappa shape index (κ3) is 2.21. The van der Waals surface area contributed by atoms with Gasteiger partial charge < -0.3 is 4.52 Å². The first-order valence-corrected chi connectivity index (χ1v) is 4.81. The van der Waals surface area contributed by atoms with Crippen molar-refractivity contribution in [1.82, 2.24) is 10.1 Å². The van der Waals surface area contributed by atoms with Gasteiger partial charge >= 0.3 is 4.84 Å². The highest BCUT2D eigenvalue weighted by atomic mass is 35.5. The van der Waals surface area contributed by atoms with Crippen LogP contribution in [0.4, 0.5) is 0 Å². The van der Waals surface area contributed by atoms with Crippen LogP contribution >= 0.6 is 23.8 Å². The van der Waals surface area contributed by atoms with Gasteiger partial charge in [0.05, 0.1) is 0 Å². The van der Waals surface area contributed by atoms with Crippen LogP contribution in [-0.2, 0) is 6.42 Å². The monoisotopic (exact) mass is 226 g/mol. The van der Waals surface area contributed by atoms with Crippen LogP contribution in [0.5, 0.6) is 0 Å². The van der Waals surface area contributed by atoms with Crippen molar-refractivity contribution >= 4 is 23.8 Å². The van der Waals surface area contributed by atoms with Gasteiger partial charge in [-0.25, -0.2) is 5.16 Å². The average Bonchev–Trinajstić information content (AvgIpc) is 2.51. The normalized spacial score (nSPS) is 10.4. The molecule has 0 aliphatic carbocycles. The highest BCUT2D eigenvalue weighted by Gasteiger charge is 2.00. The van der Waals surface area contributed by atoms with Crippen LogP contribution in [0.25, 0.3) is 0 Å². The fraction of sp³-hybridized carbons (Fsp3) is 0.111. The minimum Gasteiger partial charge on any atom is -0.348 e. The lowest BCUT2D eigenvalue weighted by molar-refractivity contribution is 0.399. The molecule has 2 aromatic rings. The van der Waals surface area contributed by atoms with Crippen LogP contribution in [0.2, 0.25) is 5.02 Å². The van der Waals surface area contributed by atoms with E-state index in [-0.39, 0.29) is 4.84 Å². The highest BCUT2D eigenvalue weighted by Crippen LogP contribution is 2.12. The molecule has 0 aliphatic rings. The minimum absolute atomic E-state index is 0.224. The van der Waals surface area contributed by atoms with E-state index in [2.05, 4.69) is 10.1 Å². The highest BCUT2D eigenvalue weighted by molar-refractivity contribution is 7.71. The van der Waals surface area contributed by atoms with Crippen molar-refractivity contribution in [3.8, 4) is 0 Å². The number of hydrogen-bond donors (Lipinski definition) is 1. The Morgan fingerprint density at radius 3 is 3.00 bits per heavy atom. The molecule has 0 atom stereocenters. The standard InChI is InChI=1S/C9H7ClN2OS/c10-7-3-1-2-6(4-7)5-8-11-9(14)13-12-8/h1-4H,5H2,(H,11,12,14). The Bertz CT molecular complexity index is 491. The second kappa shape index (κ2) is 3.94. The lowest BCUT2D eigenvalue weighted by Crippen LogP contribution is -1.89.